The Morgan fingerprint density at radius 3 is 2.74 bits per heavy atom. The molecule has 1 aromatic carbocycles. The summed E-state index contributed by atoms with van der Waals surface area (Å²) < 4.78 is 45.8. The van der Waals surface area contributed by atoms with Crippen LogP contribution in [0.5, 0.6) is 5.75 Å². The third kappa shape index (κ3) is 5.55. The van der Waals surface area contributed by atoms with Gasteiger partial charge in [-0.2, -0.15) is 0 Å². The predicted octanol–water partition coefficient (Wildman–Crippen LogP) is 2.92. The smallest absolute Gasteiger partial charge is 0.406 e. The zero-order chi connectivity index (χ0) is 19.3. The molecule has 144 valence electrons. The number of nitrogens with one attached hydrogen (secondary N) is 3. The first-order valence-corrected chi connectivity index (χ1v) is 8.24. The third-order valence-electron chi connectivity index (χ3n) is 3.91. The monoisotopic (exact) mass is 381 g/mol. The van der Waals surface area contributed by atoms with Crippen LogP contribution < -0.4 is 15.4 Å². The van der Waals surface area contributed by atoms with Crippen LogP contribution in [0.2, 0.25) is 0 Å². The van der Waals surface area contributed by atoms with Crippen molar-refractivity contribution in [3.05, 3.63) is 36.0 Å². The van der Waals surface area contributed by atoms with Crippen LogP contribution in [0.4, 0.5) is 18.9 Å². The van der Waals surface area contributed by atoms with Gasteiger partial charge in [0.2, 0.25) is 0 Å². The molecule has 0 saturated carbocycles. The number of benzene rings is 1. The van der Waals surface area contributed by atoms with E-state index >= 15 is 0 Å². The summed E-state index contributed by atoms with van der Waals surface area (Å²) in [4.78, 5) is 7.98. The second-order valence-corrected chi connectivity index (χ2v) is 5.96. The molecule has 3 rings (SSSR count). The minimum Gasteiger partial charge on any atom is -0.406 e. The van der Waals surface area contributed by atoms with E-state index in [4.69, 9.17) is 10.1 Å². The van der Waals surface area contributed by atoms with Crippen molar-refractivity contribution in [3.63, 3.8) is 0 Å². The number of alkyl halides is 3. The van der Waals surface area contributed by atoms with Gasteiger partial charge in [0, 0.05) is 31.0 Å². The number of halogens is 3. The Balaban J connectivity index is 1.65. The Kier molecular flexibility index (Phi) is 5.75. The number of hydrogen-bond acceptors (Lipinski definition) is 6. The summed E-state index contributed by atoms with van der Waals surface area (Å²) in [5.74, 6) is 0.496. The van der Waals surface area contributed by atoms with E-state index in [0.717, 1.165) is 13.0 Å². The summed E-state index contributed by atoms with van der Waals surface area (Å²) in [5, 5.41) is 14.1. The first kappa shape index (κ1) is 18.9. The molecule has 2 heterocycles. The van der Waals surface area contributed by atoms with E-state index in [9.17, 15) is 13.2 Å². The summed E-state index contributed by atoms with van der Waals surface area (Å²) in [6, 6.07) is 5.25. The first-order chi connectivity index (χ1) is 12.9. The normalized spacial score (nSPS) is 21.3. The maximum Gasteiger partial charge on any atom is 0.573 e. The summed E-state index contributed by atoms with van der Waals surface area (Å²) in [5.41, 5.74) is 0.952. The van der Waals surface area contributed by atoms with Gasteiger partial charge in [0.1, 0.15) is 17.9 Å². The van der Waals surface area contributed by atoms with Crippen LogP contribution in [0.3, 0.4) is 0 Å². The lowest BCUT2D eigenvalue weighted by atomic mass is 10.1. The molecule has 0 radical (unpaired) electrons. The lowest BCUT2D eigenvalue weighted by molar-refractivity contribution is -0.274. The molecule has 2 aliphatic heterocycles. The number of aliphatic imine (C=N–C) groups is 2. The number of nitrogens with zero attached hydrogens (tertiary/aromatic N) is 2. The molecule has 27 heavy (non-hydrogen) atoms. The molecule has 0 spiro atoms. The van der Waals surface area contributed by atoms with Crippen molar-refractivity contribution in [3.8, 4) is 5.75 Å². The highest BCUT2D eigenvalue weighted by molar-refractivity contribution is 6.30. The summed E-state index contributed by atoms with van der Waals surface area (Å²) in [6.45, 7) is 2.17. The largest absolute Gasteiger partial charge is 0.573 e. The molecule has 1 unspecified atom stereocenters. The summed E-state index contributed by atoms with van der Waals surface area (Å²) in [7, 11) is 0. The van der Waals surface area contributed by atoms with Gasteiger partial charge in [-0.05, 0) is 30.7 Å². The van der Waals surface area contributed by atoms with Crippen molar-refractivity contribution >= 4 is 23.7 Å². The van der Waals surface area contributed by atoms with Gasteiger partial charge in [-0.15, -0.1) is 13.2 Å². The molecule has 0 aromatic heterocycles. The van der Waals surface area contributed by atoms with Crippen molar-refractivity contribution in [2.24, 2.45) is 15.9 Å². The molecule has 1 saturated heterocycles. The van der Waals surface area contributed by atoms with Crippen molar-refractivity contribution in [1.29, 1.82) is 5.41 Å². The Labute approximate surface area is 153 Å². The Morgan fingerprint density at radius 1 is 1.30 bits per heavy atom. The molecular formula is C17H18F3N5O2. The Bertz CT molecular complexity index is 766. The Morgan fingerprint density at radius 2 is 2.07 bits per heavy atom. The number of amidine groups is 2. The average Bonchev–Trinajstić information content (AvgIpc) is 3.11. The fourth-order valence-corrected chi connectivity index (χ4v) is 2.58. The fraction of sp³-hybridized carbons (Fsp3) is 0.353. The van der Waals surface area contributed by atoms with Crippen molar-refractivity contribution in [1.82, 2.24) is 5.32 Å². The van der Waals surface area contributed by atoms with E-state index < -0.39 is 6.36 Å². The van der Waals surface area contributed by atoms with Gasteiger partial charge in [-0.25, -0.2) is 9.98 Å². The zero-order valence-corrected chi connectivity index (χ0v) is 14.2. The quantitative estimate of drug-likeness (QED) is 0.731. The first-order valence-electron chi connectivity index (χ1n) is 8.24. The SMILES string of the molecule is N=C1N=CN=C(Nc2ccc(OC(F)(F)F)cc2)/C1=C/NCC1CCOC1. The maximum absolute atomic E-state index is 12.2. The van der Waals surface area contributed by atoms with Crippen LogP contribution in [0, 0.1) is 11.3 Å². The van der Waals surface area contributed by atoms with Gasteiger partial charge in [0.25, 0.3) is 0 Å². The highest BCUT2D eigenvalue weighted by atomic mass is 19.4. The molecule has 3 N–H and O–H groups in total. The second-order valence-electron chi connectivity index (χ2n) is 5.96. The van der Waals surface area contributed by atoms with Crippen LogP contribution in [-0.2, 0) is 4.74 Å². The van der Waals surface area contributed by atoms with E-state index in [2.05, 4.69) is 25.4 Å². The second kappa shape index (κ2) is 8.21. The fourth-order valence-electron chi connectivity index (χ4n) is 2.58. The van der Waals surface area contributed by atoms with Gasteiger partial charge in [-0.3, -0.25) is 5.41 Å². The standard InChI is InChI=1S/C17H18F3N5O2/c18-17(19,20)27-13-3-1-12(2-4-13)25-16-14(15(21)23-10-24-16)8-22-7-11-5-6-26-9-11/h1-4,8,10-11,22H,5-7,9H2,(H2,21,23,24,25)/b14-8+. The van der Waals surface area contributed by atoms with E-state index in [0.29, 0.717) is 36.2 Å². The van der Waals surface area contributed by atoms with Gasteiger partial charge in [0.05, 0.1) is 12.2 Å². The Hall–Kier alpha value is -2.88. The number of hydrogen-bond donors (Lipinski definition) is 3. The van der Waals surface area contributed by atoms with Crippen LogP contribution in [-0.4, -0.2) is 44.1 Å². The molecule has 0 amide bonds. The van der Waals surface area contributed by atoms with Gasteiger partial charge in [0.15, 0.2) is 5.84 Å². The van der Waals surface area contributed by atoms with Crippen LogP contribution in [0.1, 0.15) is 6.42 Å². The number of rotatable bonds is 5. The molecule has 0 aliphatic carbocycles. The average molecular weight is 381 g/mol. The molecule has 1 atom stereocenters. The highest BCUT2D eigenvalue weighted by Crippen LogP contribution is 2.24. The van der Waals surface area contributed by atoms with Gasteiger partial charge < -0.3 is 20.1 Å². The third-order valence-corrected chi connectivity index (χ3v) is 3.91. The molecule has 1 aromatic rings. The predicted molar refractivity (Wildman–Crippen MR) is 95.4 cm³/mol. The topological polar surface area (TPSA) is 91.1 Å². The molecule has 0 bridgehead atoms. The van der Waals surface area contributed by atoms with E-state index in [-0.39, 0.29) is 11.6 Å². The minimum atomic E-state index is -4.74. The number of anilines is 1. The molecule has 2 aliphatic rings. The number of ether oxygens (including phenoxy) is 2. The zero-order valence-electron chi connectivity index (χ0n) is 14.2. The van der Waals surface area contributed by atoms with Gasteiger partial charge in [-0.1, -0.05) is 0 Å². The van der Waals surface area contributed by atoms with Crippen LogP contribution in [0.15, 0.2) is 46.0 Å². The molecule has 7 nitrogen and oxygen atoms in total. The minimum absolute atomic E-state index is 0.0275. The highest BCUT2D eigenvalue weighted by Gasteiger charge is 2.31. The summed E-state index contributed by atoms with van der Waals surface area (Å²) >= 11 is 0. The maximum atomic E-state index is 12.2. The van der Waals surface area contributed by atoms with E-state index in [1.165, 1.54) is 30.6 Å². The van der Waals surface area contributed by atoms with Crippen LogP contribution in [0.25, 0.3) is 0 Å². The lowest BCUT2D eigenvalue weighted by Crippen LogP contribution is -2.26. The molecular weight excluding hydrogens is 363 g/mol. The van der Waals surface area contributed by atoms with E-state index in [1.54, 1.807) is 6.20 Å². The van der Waals surface area contributed by atoms with Crippen molar-refractivity contribution < 1.29 is 22.6 Å². The summed E-state index contributed by atoms with van der Waals surface area (Å²) in [6.07, 6.45) is -0.852. The van der Waals surface area contributed by atoms with Crippen LogP contribution >= 0.6 is 0 Å². The van der Waals surface area contributed by atoms with Crippen molar-refractivity contribution in [2.45, 2.75) is 12.8 Å². The lowest BCUT2D eigenvalue weighted by Gasteiger charge is -2.16. The van der Waals surface area contributed by atoms with Crippen molar-refractivity contribution in [2.75, 3.05) is 25.1 Å². The molecule has 1 fully saturated rings. The van der Waals surface area contributed by atoms with Gasteiger partial charge >= 0.3 is 6.36 Å². The molecule has 10 heteroatoms. The van der Waals surface area contributed by atoms with E-state index in [1.807, 2.05) is 0 Å².